The standard InChI is InChI=1S/C19H18FN3O2/c1-11-22-18(13-6-14(20)10-21-9-13)19-15-8-17(25-3)16(24-2)7-12(15)4-5-23(11)19/h6-10H,4-5H2,1-3H3. The molecule has 0 aliphatic carbocycles. The summed E-state index contributed by atoms with van der Waals surface area (Å²) in [5.74, 6) is 1.90. The van der Waals surface area contributed by atoms with Crippen molar-refractivity contribution in [3.63, 3.8) is 0 Å². The molecular formula is C19H18FN3O2. The van der Waals surface area contributed by atoms with Gasteiger partial charge < -0.3 is 14.0 Å². The van der Waals surface area contributed by atoms with E-state index >= 15 is 0 Å². The Morgan fingerprint density at radius 1 is 1.08 bits per heavy atom. The highest BCUT2D eigenvalue weighted by Crippen LogP contribution is 2.42. The Hall–Kier alpha value is -2.89. The van der Waals surface area contributed by atoms with Gasteiger partial charge in [-0.1, -0.05) is 0 Å². The number of rotatable bonds is 3. The maximum atomic E-state index is 13.7. The van der Waals surface area contributed by atoms with E-state index in [0.29, 0.717) is 17.1 Å². The third-order valence-corrected chi connectivity index (χ3v) is 4.61. The number of fused-ring (bicyclic) bond motifs is 3. The summed E-state index contributed by atoms with van der Waals surface area (Å²) in [5.41, 5.74) is 4.56. The van der Waals surface area contributed by atoms with Gasteiger partial charge in [0.05, 0.1) is 31.8 Å². The predicted octanol–water partition coefficient (Wildman–Crippen LogP) is 3.63. The average Bonchev–Trinajstić information content (AvgIpc) is 2.97. The molecule has 0 saturated carbocycles. The van der Waals surface area contributed by atoms with E-state index in [0.717, 1.165) is 41.3 Å². The van der Waals surface area contributed by atoms with Crippen LogP contribution < -0.4 is 9.47 Å². The van der Waals surface area contributed by atoms with Crippen LogP contribution in [0.4, 0.5) is 4.39 Å². The van der Waals surface area contributed by atoms with Crippen molar-refractivity contribution in [2.24, 2.45) is 0 Å². The van der Waals surface area contributed by atoms with Crippen molar-refractivity contribution in [3.05, 3.63) is 47.8 Å². The van der Waals surface area contributed by atoms with Crippen LogP contribution in [0.25, 0.3) is 22.5 Å². The molecule has 4 rings (SSSR count). The van der Waals surface area contributed by atoms with Crippen molar-refractivity contribution in [1.82, 2.24) is 14.5 Å². The average molecular weight is 339 g/mol. The van der Waals surface area contributed by atoms with Gasteiger partial charge in [0.2, 0.25) is 0 Å². The fourth-order valence-corrected chi connectivity index (χ4v) is 3.43. The summed E-state index contributed by atoms with van der Waals surface area (Å²) in [4.78, 5) is 8.65. The van der Waals surface area contributed by atoms with Crippen LogP contribution in [-0.4, -0.2) is 28.8 Å². The number of methoxy groups -OCH3 is 2. The van der Waals surface area contributed by atoms with Gasteiger partial charge >= 0.3 is 0 Å². The first-order valence-corrected chi connectivity index (χ1v) is 8.05. The summed E-state index contributed by atoms with van der Waals surface area (Å²) in [6.45, 7) is 2.78. The number of halogens is 1. The van der Waals surface area contributed by atoms with E-state index in [1.807, 2.05) is 19.1 Å². The molecule has 128 valence electrons. The van der Waals surface area contributed by atoms with Gasteiger partial charge in [-0.05, 0) is 37.1 Å². The highest BCUT2D eigenvalue weighted by molar-refractivity contribution is 5.82. The SMILES string of the molecule is COc1cc2c(cc1OC)-c1c(-c3cncc(F)c3)nc(C)n1CC2. The van der Waals surface area contributed by atoms with Gasteiger partial charge in [0.1, 0.15) is 11.6 Å². The number of pyridine rings is 1. The van der Waals surface area contributed by atoms with Crippen LogP contribution in [0.1, 0.15) is 11.4 Å². The molecule has 0 saturated heterocycles. The maximum Gasteiger partial charge on any atom is 0.161 e. The van der Waals surface area contributed by atoms with E-state index in [2.05, 4.69) is 14.5 Å². The molecular weight excluding hydrogens is 321 g/mol. The van der Waals surface area contributed by atoms with Gasteiger partial charge in [0.15, 0.2) is 11.5 Å². The molecule has 6 heteroatoms. The van der Waals surface area contributed by atoms with Gasteiger partial charge in [0.25, 0.3) is 0 Å². The minimum absolute atomic E-state index is 0.375. The fraction of sp³-hybridized carbons (Fsp3) is 0.263. The molecule has 5 nitrogen and oxygen atoms in total. The molecule has 0 atom stereocenters. The lowest BCUT2D eigenvalue weighted by atomic mass is 9.95. The van der Waals surface area contributed by atoms with Crippen molar-refractivity contribution in [2.45, 2.75) is 19.9 Å². The first kappa shape index (κ1) is 15.6. The Morgan fingerprint density at radius 2 is 1.84 bits per heavy atom. The number of aryl methyl sites for hydroxylation is 2. The van der Waals surface area contributed by atoms with Crippen LogP contribution in [0.15, 0.2) is 30.6 Å². The number of imidazole rings is 1. The molecule has 0 N–H and O–H groups in total. The predicted molar refractivity (Wildman–Crippen MR) is 92.4 cm³/mol. The quantitative estimate of drug-likeness (QED) is 0.731. The number of hydrogen-bond donors (Lipinski definition) is 0. The Kier molecular flexibility index (Phi) is 3.67. The molecule has 3 heterocycles. The van der Waals surface area contributed by atoms with Crippen LogP contribution >= 0.6 is 0 Å². The van der Waals surface area contributed by atoms with Crippen LogP contribution in [0.5, 0.6) is 11.5 Å². The van der Waals surface area contributed by atoms with Crippen LogP contribution in [0.3, 0.4) is 0 Å². The second-order valence-corrected chi connectivity index (χ2v) is 6.01. The largest absolute Gasteiger partial charge is 0.493 e. The molecule has 25 heavy (non-hydrogen) atoms. The van der Waals surface area contributed by atoms with Gasteiger partial charge in [-0.2, -0.15) is 0 Å². The molecule has 3 aromatic rings. The van der Waals surface area contributed by atoms with Gasteiger partial charge in [-0.3, -0.25) is 4.98 Å². The summed E-state index contributed by atoms with van der Waals surface area (Å²) in [6.07, 6.45) is 3.71. The smallest absolute Gasteiger partial charge is 0.161 e. The third-order valence-electron chi connectivity index (χ3n) is 4.61. The Balaban J connectivity index is 1.98. The Bertz CT molecular complexity index is 966. The minimum Gasteiger partial charge on any atom is -0.493 e. The third kappa shape index (κ3) is 2.45. The highest BCUT2D eigenvalue weighted by Gasteiger charge is 2.26. The number of hydrogen-bond acceptors (Lipinski definition) is 4. The van der Waals surface area contributed by atoms with Crippen molar-refractivity contribution in [3.8, 4) is 34.0 Å². The Morgan fingerprint density at radius 3 is 2.56 bits per heavy atom. The Labute approximate surface area is 145 Å². The number of benzene rings is 1. The van der Waals surface area contributed by atoms with Crippen molar-refractivity contribution in [2.75, 3.05) is 14.2 Å². The summed E-state index contributed by atoms with van der Waals surface area (Å²) in [5, 5.41) is 0. The van der Waals surface area contributed by atoms with Gasteiger partial charge in [-0.15, -0.1) is 0 Å². The molecule has 2 aromatic heterocycles. The number of ether oxygens (including phenoxy) is 2. The molecule has 0 fully saturated rings. The number of nitrogens with zero attached hydrogens (tertiary/aromatic N) is 3. The summed E-state index contributed by atoms with van der Waals surface area (Å²) in [6, 6.07) is 5.44. The normalized spacial score (nSPS) is 12.5. The van der Waals surface area contributed by atoms with E-state index in [4.69, 9.17) is 9.47 Å². The van der Waals surface area contributed by atoms with E-state index in [1.165, 1.54) is 12.3 Å². The lowest BCUT2D eigenvalue weighted by Crippen LogP contribution is -2.12. The van der Waals surface area contributed by atoms with Crippen LogP contribution in [0, 0.1) is 12.7 Å². The molecule has 0 unspecified atom stereocenters. The first-order valence-electron chi connectivity index (χ1n) is 8.05. The van der Waals surface area contributed by atoms with E-state index in [9.17, 15) is 4.39 Å². The highest BCUT2D eigenvalue weighted by atomic mass is 19.1. The summed E-state index contributed by atoms with van der Waals surface area (Å²) < 4.78 is 26.7. The second kappa shape index (κ2) is 5.88. The molecule has 1 aliphatic rings. The van der Waals surface area contributed by atoms with Crippen molar-refractivity contribution >= 4 is 0 Å². The number of aromatic nitrogens is 3. The van der Waals surface area contributed by atoms with Gasteiger partial charge in [0, 0.05) is 23.9 Å². The molecule has 0 bridgehead atoms. The van der Waals surface area contributed by atoms with Crippen LogP contribution in [-0.2, 0) is 13.0 Å². The van der Waals surface area contributed by atoms with E-state index in [1.54, 1.807) is 20.4 Å². The van der Waals surface area contributed by atoms with E-state index < -0.39 is 0 Å². The first-order chi connectivity index (χ1) is 12.1. The summed E-state index contributed by atoms with van der Waals surface area (Å²) >= 11 is 0. The van der Waals surface area contributed by atoms with Crippen molar-refractivity contribution in [1.29, 1.82) is 0 Å². The van der Waals surface area contributed by atoms with Crippen molar-refractivity contribution < 1.29 is 13.9 Å². The zero-order valence-corrected chi connectivity index (χ0v) is 14.3. The van der Waals surface area contributed by atoms with Gasteiger partial charge in [-0.25, -0.2) is 9.37 Å². The van der Waals surface area contributed by atoms with E-state index in [-0.39, 0.29) is 5.82 Å². The lowest BCUT2D eigenvalue weighted by molar-refractivity contribution is 0.354. The lowest BCUT2D eigenvalue weighted by Gasteiger charge is -2.22. The fourth-order valence-electron chi connectivity index (χ4n) is 3.43. The molecule has 0 radical (unpaired) electrons. The molecule has 0 amide bonds. The molecule has 1 aliphatic heterocycles. The monoisotopic (exact) mass is 339 g/mol. The minimum atomic E-state index is -0.375. The zero-order chi connectivity index (χ0) is 17.6. The second-order valence-electron chi connectivity index (χ2n) is 6.01. The van der Waals surface area contributed by atoms with Crippen LogP contribution in [0.2, 0.25) is 0 Å². The summed E-state index contributed by atoms with van der Waals surface area (Å²) in [7, 11) is 3.25. The topological polar surface area (TPSA) is 49.2 Å². The zero-order valence-electron chi connectivity index (χ0n) is 14.3. The maximum absolute atomic E-state index is 13.7. The molecule has 1 aromatic carbocycles. The molecule has 0 spiro atoms.